The third kappa shape index (κ3) is 8.06. The molecule has 0 aliphatic rings. The maximum Gasteiger partial charge on any atom is 0.321 e. The molecule has 0 aliphatic carbocycles. The van der Waals surface area contributed by atoms with Gasteiger partial charge in [0.05, 0.1) is 11.9 Å². The minimum Gasteiger partial charge on any atom is -0.548 e. The van der Waals surface area contributed by atoms with Crippen molar-refractivity contribution >= 4 is 17.9 Å². The van der Waals surface area contributed by atoms with Crippen LogP contribution in [0.4, 0.5) is 0 Å². The van der Waals surface area contributed by atoms with Crippen LogP contribution in [0.2, 0.25) is 0 Å². The minimum absolute atomic E-state index is 0.00526. The number of nitrogens with two attached hydrogens (primary N) is 1. The van der Waals surface area contributed by atoms with Gasteiger partial charge >= 0.3 is 5.97 Å². The lowest BCUT2D eigenvalue weighted by Crippen LogP contribution is -2.50. The predicted molar refractivity (Wildman–Crippen MR) is 88.6 cm³/mol. The van der Waals surface area contributed by atoms with E-state index in [9.17, 15) is 29.7 Å². The summed E-state index contributed by atoms with van der Waals surface area (Å²) in [6.07, 6.45) is 0.340. The van der Waals surface area contributed by atoms with Crippen molar-refractivity contribution in [3.63, 3.8) is 0 Å². The highest BCUT2D eigenvalue weighted by molar-refractivity contribution is 5.74. The van der Waals surface area contributed by atoms with Crippen molar-refractivity contribution in [1.29, 1.82) is 0 Å². The third-order valence-corrected chi connectivity index (χ3v) is 3.84. The molecule has 26 heavy (non-hydrogen) atoms. The highest BCUT2D eigenvalue weighted by Crippen LogP contribution is 2.04. The first-order valence-electron chi connectivity index (χ1n) is 8.22. The molecular weight excluding hydrogens is 342 g/mol. The number of nitrogens with one attached hydrogen (secondary N) is 2. The SMILES string of the molecule is N[C@@H](CCN[C@@H](CCN[C@@H](Cc1ccccc1)C(=O)O)C(=O)[O-])C(=O)[O-]. The van der Waals surface area contributed by atoms with Gasteiger partial charge in [-0.15, -0.1) is 0 Å². The fraction of sp³-hybridized carbons (Fsp3) is 0.471. The number of carbonyl (C=O) groups excluding carboxylic acids is 2. The molecule has 0 spiro atoms. The van der Waals surface area contributed by atoms with Gasteiger partial charge in [-0.3, -0.25) is 4.79 Å². The highest BCUT2D eigenvalue weighted by Gasteiger charge is 2.18. The summed E-state index contributed by atoms with van der Waals surface area (Å²) in [4.78, 5) is 33.0. The zero-order chi connectivity index (χ0) is 19.5. The monoisotopic (exact) mass is 365 g/mol. The Morgan fingerprint density at radius 2 is 1.54 bits per heavy atom. The van der Waals surface area contributed by atoms with Crippen LogP contribution in [0.1, 0.15) is 18.4 Å². The average Bonchev–Trinajstić information content (AvgIpc) is 2.59. The van der Waals surface area contributed by atoms with E-state index in [-0.39, 0.29) is 32.4 Å². The van der Waals surface area contributed by atoms with Crippen LogP contribution in [-0.4, -0.2) is 54.2 Å². The van der Waals surface area contributed by atoms with Crippen LogP contribution in [0.5, 0.6) is 0 Å². The molecule has 5 N–H and O–H groups in total. The van der Waals surface area contributed by atoms with E-state index in [1.165, 1.54) is 0 Å². The lowest BCUT2D eigenvalue weighted by atomic mass is 10.1. The Kier molecular flexibility index (Phi) is 9.27. The zero-order valence-corrected chi connectivity index (χ0v) is 14.2. The Balaban J connectivity index is 2.45. The molecule has 0 heterocycles. The minimum atomic E-state index is -1.41. The van der Waals surface area contributed by atoms with Gasteiger partial charge in [0.15, 0.2) is 0 Å². The molecular formula is C17H23N3O6-2. The van der Waals surface area contributed by atoms with Crippen molar-refractivity contribution < 1.29 is 29.7 Å². The Hall–Kier alpha value is -2.49. The molecule has 0 unspecified atom stereocenters. The van der Waals surface area contributed by atoms with Gasteiger partial charge in [0.2, 0.25) is 0 Å². The molecule has 1 rings (SSSR count). The van der Waals surface area contributed by atoms with Crippen LogP contribution in [0.25, 0.3) is 0 Å². The molecule has 9 heteroatoms. The number of aliphatic carboxylic acids is 3. The Morgan fingerprint density at radius 3 is 2.08 bits per heavy atom. The van der Waals surface area contributed by atoms with Gasteiger partial charge in [-0.2, -0.15) is 0 Å². The van der Waals surface area contributed by atoms with Crippen LogP contribution in [0, 0.1) is 0 Å². The highest BCUT2D eigenvalue weighted by atomic mass is 16.4. The Bertz CT molecular complexity index is 595. The van der Waals surface area contributed by atoms with Crippen LogP contribution >= 0.6 is 0 Å². The second-order valence-corrected chi connectivity index (χ2v) is 5.86. The third-order valence-electron chi connectivity index (χ3n) is 3.84. The number of rotatable bonds is 13. The molecule has 3 atom stereocenters. The van der Waals surface area contributed by atoms with Crippen LogP contribution in [0.15, 0.2) is 30.3 Å². The fourth-order valence-corrected chi connectivity index (χ4v) is 2.33. The smallest absolute Gasteiger partial charge is 0.321 e. The van der Waals surface area contributed by atoms with Gasteiger partial charge in [-0.1, -0.05) is 30.3 Å². The molecule has 0 bridgehead atoms. The topological polar surface area (TPSA) is 168 Å². The maximum atomic E-state index is 11.3. The van der Waals surface area contributed by atoms with E-state index in [0.717, 1.165) is 5.56 Å². The number of carbonyl (C=O) groups is 3. The van der Waals surface area contributed by atoms with Crippen LogP contribution in [0.3, 0.4) is 0 Å². The van der Waals surface area contributed by atoms with Gasteiger partial charge in [-0.25, -0.2) is 0 Å². The zero-order valence-electron chi connectivity index (χ0n) is 14.2. The van der Waals surface area contributed by atoms with Gasteiger partial charge < -0.3 is 41.3 Å². The Labute approximate surface area is 151 Å². The van der Waals surface area contributed by atoms with Crippen LogP contribution in [-0.2, 0) is 20.8 Å². The van der Waals surface area contributed by atoms with Crippen molar-refractivity contribution in [2.75, 3.05) is 13.1 Å². The number of carboxylic acid groups (broad SMARTS) is 3. The van der Waals surface area contributed by atoms with Crippen molar-refractivity contribution in [2.45, 2.75) is 37.4 Å². The first-order chi connectivity index (χ1) is 12.3. The second kappa shape index (κ2) is 11.2. The number of hydrogen-bond donors (Lipinski definition) is 4. The standard InChI is InChI=1S/C17H25N3O6/c18-12(15(21)22)6-8-19-13(16(23)24)7-9-20-14(17(25)26)10-11-4-2-1-3-5-11/h1-5,12-14,19-20H,6-10,18H2,(H,21,22)(H,23,24)(H,25,26)/p-2/t12-,13-,14-/m0/s1. The Morgan fingerprint density at radius 1 is 0.962 bits per heavy atom. The molecule has 9 nitrogen and oxygen atoms in total. The summed E-state index contributed by atoms with van der Waals surface area (Å²) in [5.41, 5.74) is 6.13. The summed E-state index contributed by atoms with van der Waals surface area (Å²) >= 11 is 0. The second-order valence-electron chi connectivity index (χ2n) is 5.86. The molecule has 1 aromatic rings. The van der Waals surface area contributed by atoms with E-state index >= 15 is 0 Å². The predicted octanol–water partition coefficient (Wildman–Crippen LogP) is -3.16. The van der Waals surface area contributed by atoms with Crippen molar-refractivity contribution in [3.05, 3.63) is 35.9 Å². The van der Waals surface area contributed by atoms with Gasteiger partial charge in [0.1, 0.15) is 6.04 Å². The van der Waals surface area contributed by atoms with E-state index in [1.807, 2.05) is 30.3 Å². The van der Waals surface area contributed by atoms with E-state index in [2.05, 4.69) is 10.6 Å². The summed E-state index contributed by atoms with van der Waals surface area (Å²) in [7, 11) is 0. The van der Waals surface area contributed by atoms with Gasteiger partial charge in [-0.05, 0) is 37.9 Å². The number of carboxylic acids is 3. The first-order valence-corrected chi connectivity index (χ1v) is 8.22. The summed E-state index contributed by atoms with van der Waals surface area (Å²) in [6, 6.07) is 5.96. The van der Waals surface area contributed by atoms with E-state index in [1.54, 1.807) is 0 Å². The largest absolute Gasteiger partial charge is 0.548 e. The molecule has 0 aromatic heterocycles. The molecule has 0 fully saturated rings. The molecule has 144 valence electrons. The van der Waals surface area contributed by atoms with E-state index < -0.39 is 36.0 Å². The molecule has 1 aromatic carbocycles. The lowest BCUT2D eigenvalue weighted by Gasteiger charge is -2.22. The quantitative estimate of drug-likeness (QED) is 0.282. The maximum absolute atomic E-state index is 11.3. The van der Waals surface area contributed by atoms with Gasteiger partial charge in [0, 0.05) is 12.1 Å². The van der Waals surface area contributed by atoms with Gasteiger partial charge in [0.25, 0.3) is 0 Å². The molecule has 0 saturated heterocycles. The summed E-state index contributed by atoms with van der Waals surface area (Å²) in [5.74, 6) is -3.81. The van der Waals surface area contributed by atoms with Crippen molar-refractivity contribution in [3.8, 4) is 0 Å². The van der Waals surface area contributed by atoms with E-state index in [4.69, 9.17) is 5.73 Å². The summed E-state index contributed by atoms with van der Waals surface area (Å²) in [5, 5.41) is 36.4. The van der Waals surface area contributed by atoms with Crippen molar-refractivity contribution in [1.82, 2.24) is 10.6 Å². The summed E-state index contributed by atoms with van der Waals surface area (Å²) < 4.78 is 0. The molecule has 0 saturated carbocycles. The number of benzene rings is 1. The average molecular weight is 365 g/mol. The molecule has 0 amide bonds. The van der Waals surface area contributed by atoms with Crippen LogP contribution < -0.4 is 26.6 Å². The summed E-state index contributed by atoms with van der Waals surface area (Å²) in [6.45, 7) is 0.183. The molecule has 0 aliphatic heterocycles. The number of hydrogen-bond acceptors (Lipinski definition) is 8. The lowest BCUT2D eigenvalue weighted by molar-refractivity contribution is -0.308. The molecule has 0 radical (unpaired) electrons. The van der Waals surface area contributed by atoms with E-state index in [0.29, 0.717) is 0 Å². The fourth-order valence-electron chi connectivity index (χ4n) is 2.33. The first kappa shape index (κ1) is 21.6. The normalized spacial score (nSPS) is 14.3. The van der Waals surface area contributed by atoms with Crippen molar-refractivity contribution in [2.24, 2.45) is 5.73 Å².